The number of hydrogen-bond acceptors (Lipinski definition) is 4. The van der Waals surface area contributed by atoms with Crippen LogP contribution in [0.5, 0.6) is 0 Å². The molecule has 1 aromatic carbocycles. The van der Waals surface area contributed by atoms with Gasteiger partial charge in [-0.25, -0.2) is 9.37 Å². The second kappa shape index (κ2) is 7.22. The Kier molecular flexibility index (Phi) is 5.33. The molecule has 0 radical (unpaired) electrons. The van der Waals surface area contributed by atoms with Crippen LogP contribution in [0, 0.1) is 5.82 Å². The van der Waals surface area contributed by atoms with Crippen LogP contribution in [0.2, 0.25) is 5.02 Å². The Labute approximate surface area is 128 Å². The van der Waals surface area contributed by atoms with Gasteiger partial charge in [-0.2, -0.15) is 4.98 Å². The quantitative estimate of drug-likeness (QED) is 0.837. The van der Waals surface area contributed by atoms with Crippen LogP contribution in [0.25, 0.3) is 0 Å². The van der Waals surface area contributed by atoms with Crippen LogP contribution >= 0.6 is 11.6 Å². The van der Waals surface area contributed by atoms with E-state index in [1.807, 2.05) is 32.0 Å². The van der Waals surface area contributed by atoms with Crippen molar-refractivity contribution >= 4 is 23.4 Å². The summed E-state index contributed by atoms with van der Waals surface area (Å²) in [6.07, 6.45) is 2.11. The van der Waals surface area contributed by atoms with Gasteiger partial charge in [0.05, 0.1) is 12.2 Å². The number of nitrogens with one attached hydrogen (secondary N) is 2. The molecule has 1 heterocycles. The standard InChI is InChI=1S/C15H18ClFN4/c1-3-7-18-15-19-9-13(17)14(21-15)20-10(2)11-5-4-6-12(16)8-11/h4-6,8-10H,3,7H2,1-2H3,(H2,18,19,20,21). The zero-order valence-electron chi connectivity index (χ0n) is 12.0. The van der Waals surface area contributed by atoms with Gasteiger partial charge in [0.15, 0.2) is 11.6 Å². The zero-order chi connectivity index (χ0) is 15.2. The molecule has 112 valence electrons. The minimum Gasteiger partial charge on any atom is -0.361 e. The van der Waals surface area contributed by atoms with E-state index < -0.39 is 5.82 Å². The van der Waals surface area contributed by atoms with Gasteiger partial charge in [0.2, 0.25) is 5.95 Å². The molecule has 0 saturated carbocycles. The Morgan fingerprint density at radius 1 is 1.38 bits per heavy atom. The summed E-state index contributed by atoms with van der Waals surface area (Å²) < 4.78 is 13.8. The van der Waals surface area contributed by atoms with Crippen molar-refractivity contribution < 1.29 is 4.39 Å². The fourth-order valence-electron chi connectivity index (χ4n) is 1.85. The lowest BCUT2D eigenvalue weighted by Crippen LogP contribution is -2.12. The van der Waals surface area contributed by atoms with E-state index in [-0.39, 0.29) is 11.9 Å². The number of rotatable bonds is 6. The molecule has 2 N–H and O–H groups in total. The van der Waals surface area contributed by atoms with Gasteiger partial charge < -0.3 is 10.6 Å². The van der Waals surface area contributed by atoms with Crippen LogP contribution in [-0.2, 0) is 0 Å². The summed E-state index contributed by atoms with van der Waals surface area (Å²) in [6, 6.07) is 7.32. The number of anilines is 2. The highest BCUT2D eigenvalue weighted by atomic mass is 35.5. The van der Waals surface area contributed by atoms with Gasteiger partial charge in [0.25, 0.3) is 0 Å². The smallest absolute Gasteiger partial charge is 0.224 e. The van der Waals surface area contributed by atoms with Crippen molar-refractivity contribution in [2.75, 3.05) is 17.2 Å². The van der Waals surface area contributed by atoms with E-state index >= 15 is 0 Å². The molecule has 1 atom stereocenters. The first kappa shape index (κ1) is 15.5. The summed E-state index contributed by atoms with van der Waals surface area (Å²) in [5, 5.41) is 6.73. The highest BCUT2D eigenvalue weighted by Gasteiger charge is 2.11. The van der Waals surface area contributed by atoms with Crippen molar-refractivity contribution in [2.45, 2.75) is 26.3 Å². The molecule has 4 nitrogen and oxygen atoms in total. The molecule has 0 fully saturated rings. The van der Waals surface area contributed by atoms with Gasteiger partial charge in [0.1, 0.15) is 0 Å². The van der Waals surface area contributed by atoms with Crippen LogP contribution in [0.1, 0.15) is 31.9 Å². The second-order valence-corrected chi connectivity index (χ2v) is 5.17. The fourth-order valence-corrected chi connectivity index (χ4v) is 2.05. The molecule has 0 aliphatic heterocycles. The van der Waals surface area contributed by atoms with E-state index in [1.54, 1.807) is 6.07 Å². The Hall–Kier alpha value is -1.88. The number of benzene rings is 1. The van der Waals surface area contributed by atoms with Crippen LogP contribution in [0.4, 0.5) is 16.2 Å². The van der Waals surface area contributed by atoms with Crippen molar-refractivity contribution in [1.29, 1.82) is 0 Å². The Bertz CT molecular complexity index is 606. The third kappa shape index (κ3) is 4.29. The van der Waals surface area contributed by atoms with E-state index in [1.165, 1.54) is 0 Å². The lowest BCUT2D eigenvalue weighted by molar-refractivity contribution is 0.614. The summed E-state index contributed by atoms with van der Waals surface area (Å²) in [6.45, 7) is 4.71. The number of nitrogens with zero attached hydrogens (tertiary/aromatic N) is 2. The first-order valence-corrected chi connectivity index (χ1v) is 7.26. The summed E-state index contributed by atoms with van der Waals surface area (Å²) in [5.41, 5.74) is 0.962. The predicted molar refractivity (Wildman–Crippen MR) is 84.3 cm³/mol. The molecule has 1 aromatic heterocycles. The Balaban J connectivity index is 2.14. The average molecular weight is 309 g/mol. The molecule has 21 heavy (non-hydrogen) atoms. The second-order valence-electron chi connectivity index (χ2n) is 4.74. The van der Waals surface area contributed by atoms with Crippen LogP contribution in [0.3, 0.4) is 0 Å². The molecule has 2 rings (SSSR count). The van der Waals surface area contributed by atoms with E-state index in [2.05, 4.69) is 20.6 Å². The van der Waals surface area contributed by atoms with Crippen molar-refractivity contribution in [2.24, 2.45) is 0 Å². The van der Waals surface area contributed by atoms with Crippen LogP contribution in [0.15, 0.2) is 30.5 Å². The van der Waals surface area contributed by atoms with Crippen molar-refractivity contribution in [1.82, 2.24) is 9.97 Å². The molecule has 6 heteroatoms. The Morgan fingerprint density at radius 2 is 2.19 bits per heavy atom. The highest BCUT2D eigenvalue weighted by Crippen LogP contribution is 2.22. The summed E-state index contributed by atoms with van der Waals surface area (Å²) >= 11 is 5.97. The first-order chi connectivity index (χ1) is 10.1. The number of hydrogen-bond donors (Lipinski definition) is 2. The molecule has 0 bridgehead atoms. The third-order valence-electron chi connectivity index (χ3n) is 2.98. The highest BCUT2D eigenvalue weighted by molar-refractivity contribution is 6.30. The normalized spacial score (nSPS) is 12.0. The van der Waals surface area contributed by atoms with Gasteiger partial charge in [-0.1, -0.05) is 30.7 Å². The lowest BCUT2D eigenvalue weighted by Gasteiger charge is -2.16. The molecular formula is C15H18ClFN4. The maximum atomic E-state index is 13.8. The number of aromatic nitrogens is 2. The SMILES string of the molecule is CCCNc1ncc(F)c(NC(C)c2cccc(Cl)c2)n1. The summed E-state index contributed by atoms with van der Waals surface area (Å²) in [4.78, 5) is 8.07. The van der Waals surface area contributed by atoms with E-state index in [0.29, 0.717) is 11.0 Å². The summed E-state index contributed by atoms with van der Waals surface area (Å²) in [5.74, 6) is 0.112. The van der Waals surface area contributed by atoms with Crippen LogP contribution < -0.4 is 10.6 Å². The molecule has 1 unspecified atom stereocenters. The predicted octanol–water partition coefficient (Wildman–Crippen LogP) is 4.26. The minimum absolute atomic E-state index is 0.118. The van der Waals surface area contributed by atoms with Gasteiger partial charge >= 0.3 is 0 Å². The van der Waals surface area contributed by atoms with E-state index in [4.69, 9.17) is 11.6 Å². The molecular weight excluding hydrogens is 291 g/mol. The molecule has 0 saturated heterocycles. The van der Waals surface area contributed by atoms with Crippen LogP contribution in [-0.4, -0.2) is 16.5 Å². The first-order valence-electron chi connectivity index (χ1n) is 6.88. The monoisotopic (exact) mass is 308 g/mol. The van der Waals surface area contributed by atoms with E-state index in [0.717, 1.165) is 24.7 Å². The largest absolute Gasteiger partial charge is 0.361 e. The van der Waals surface area contributed by atoms with Crippen molar-refractivity contribution in [3.63, 3.8) is 0 Å². The minimum atomic E-state index is -0.481. The summed E-state index contributed by atoms with van der Waals surface area (Å²) in [7, 11) is 0. The molecule has 0 aliphatic rings. The maximum absolute atomic E-state index is 13.8. The van der Waals surface area contributed by atoms with Gasteiger partial charge in [-0.15, -0.1) is 0 Å². The maximum Gasteiger partial charge on any atom is 0.224 e. The number of halogens is 2. The molecule has 0 amide bonds. The molecule has 2 aromatic rings. The Morgan fingerprint density at radius 3 is 2.90 bits per heavy atom. The molecule has 0 spiro atoms. The van der Waals surface area contributed by atoms with Crippen molar-refractivity contribution in [3.8, 4) is 0 Å². The van der Waals surface area contributed by atoms with Gasteiger partial charge in [-0.05, 0) is 31.0 Å². The van der Waals surface area contributed by atoms with Crippen molar-refractivity contribution in [3.05, 3.63) is 46.9 Å². The third-order valence-corrected chi connectivity index (χ3v) is 3.21. The average Bonchev–Trinajstić information content (AvgIpc) is 2.48. The zero-order valence-corrected chi connectivity index (χ0v) is 12.8. The van der Waals surface area contributed by atoms with E-state index in [9.17, 15) is 4.39 Å². The lowest BCUT2D eigenvalue weighted by atomic mass is 10.1. The fraction of sp³-hybridized carbons (Fsp3) is 0.333. The topological polar surface area (TPSA) is 49.8 Å². The van der Waals surface area contributed by atoms with Gasteiger partial charge in [0, 0.05) is 11.6 Å². The van der Waals surface area contributed by atoms with Gasteiger partial charge in [-0.3, -0.25) is 0 Å². The molecule has 0 aliphatic carbocycles.